The molecular weight excluding hydrogens is 873 g/mol. The molecule has 0 aliphatic carbocycles. The molecule has 0 saturated heterocycles. The predicted molar refractivity (Wildman–Crippen MR) is 263 cm³/mol. The van der Waals surface area contributed by atoms with Crippen molar-refractivity contribution in [2.75, 3.05) is 26.2 Å². The van der Waals surface area contributed by atoms with Crippen molar-refractivity contribution in [2.24, 2.45) is 11.7 Å². The van der Waals surface area contributed by atoms with Crippen molar-refractivity contribution < 1.29 is 53.7 Å². The van der Waals surface area contributed by atoms with Crippen molar-refractivity contribution >= 4 is 47.1 Å². The average Bonchev–Trinajstić information content (AvgIpc) is 3.28. The minimum atomic E-state index is -1.18. The lowest BCUT2D eigenvalue weighted by molar-refractivity contribution is -0.142. The number of carboxylic acids is 2. The Morgan fingerprint density at radius 1 is 0.529 bits per heavy atom. The van der Waals surface area contributed by atoms with Crippen molar-refractivity contribution in [1.29, 1.82) is 0 Å². The number of aliphatic carboxylic acids is 2. The number of nitrogens with one attached hydrogen (secondary N) is 5. The summed E-state index contributed by atoms with van der Waals surface area (Å²) in [6.45, 7) is 4.60. The number of rotatable bonds is 45. The summed E-state index contributed by atoms with van der Waals surface area (Å²) >= 11 is 0. The highest BCUT2D eigenvalue weighted by Gasteiger charge is 2.23. The molecule has 0 unspecified atom stereocenters. The molecule has 3 atom stereocenters. The van der Waals surface area contributed by atoms with Gasteiger partial charge in [-0.15, -0.1) is 0 Å². The number of phenolic OH excluding ortho intramolecular Hbond substituents is 1. The van der Waals surface area contributed by atoms with E-state index in [1.54, 1.807) is 12.1 Å². The highest BCUT2D eigenvalue weighted by atomic mass is 16.4. The number of carbonyl (C=O) groups is 8. The molecule has 0 spiro atoms. The topological polar surface area (TPSA) is 283 Å². The molecule has 0 aliphatic rings. The minimum Gasteiger partial charge on any atom is -0.508 e. The summed E-state index contributed by atoms with van der Waals surface area (Å²) in [7, 11) is 0. The third-order valence-electron chi connectivity index (χ3n) is 11.8. The standard InChI is InChI=1S/C51H86N6O11/c1-38(2)34-41(59)36-55-42(45(60)37-56-44(50(52)66)35-39-26-28-40(58)29-27-39)22-19-21-33-53-46(61)23-17-15-20-32-54-47(62)31-30-43(51(67)68)57-48(63)24-16-13-11-9-7-5-3-4-6-8-10-12-14-18-25-49(64)65/h26-29,38,42-44,55-56,58H,3-25,30-37H2,1-2H3,(H2,52,66)(H,53,61)(H,54,62)(H,57,63)(H,64,65)(H,67,68)/t42-,43-,44-/m0/s1. The van der Waals surface area contributed by atoms with E-state index in [2.05, 4.69) is 26.6 Å². The van der Waals surface area contributed by atoms with Crippen molar-refractivity contribution in [2.45, 2.75) is 205 Å². The summed E-state index contributed by atoms with van der Waals surface area (Å²) < 4.78 is 0. The van der Waals surface area contributed by atoms with Crippen LogP contribution in [0.2, 0.25) is 0 Å². The summed E-state index contributed by atoms with van der Waals surface area (Å²) in [5.41, 5.74) is 6.36. The van der Waals surface area contributed by atoms with Crippen molar-refractivity contribution in [3.63, 3.8) is 0 Å². The van der Waals surface area contributed by atoms with E-state index in [0.29, 0.717) is 70.9 Å². The number of amides is 4. The number of nitrogens with two attached hydrogens (primary N) is 1. The van der Waals surface area contributed by atoms with Gasteiger partial charge in [0.2, 0.25) is 23.6 Å². The largest absolute Gasteiger partial charge is 0.508 e. The molecule has 10 N–H and O–H groups in total. The van der Waals surface area contributed by atoms with Gasteiger partial charge in [0, 0.05) is 45.2 Å². The van der Waals surface area contributed by atoms with Gasteiger partial charge in [0.05, 0.1) is 25.2 Å². The van der Waals surface area contributed by atoms with Crippen LogP contribution in [0.3, 0.4) is 0 Å². The van der Waals surface area contributed by atoms with Crippen LogP contribution < -0.4 is 32.3 Å². The Kier molecular flexibility index (Phi) is 35.1. The van der Waals surface area contributed by atoms with Gasteiger partial charge < -0.3 is 42.3 Å². The number of hydrogen-bond acceptors (Lipinski definition) is 11. The lowest BCUT2D eigenvalue weighted by Gasteiger charge is -2.20. The van der Waals surface area contributed by atoms with E-state index in [-0.39, 0.29) is 86.1 Å². The molecule has 4 amide bonds. The van der Waals surface area contributed by atoms with Crippen molar-refractivity contribution in [1.82, 2.24) is 26.6 Å². The molecule has 17 nitrogen and oxygen atoms in total. The lowest BCUT2D eigenvalue weighted by atomic mass is 10.0. The number of ketones is 2. The van der Waals surface area contributed by atoms with Gasteiger partial charge in [-0.25, -0.2) is 4.79 Å². The molecule has 68 heavy (non-hydrogen) atoms. The monoisotopic (exact) mass is 959 g/mol. The fourth-order valence-electron chi connectivity index (χ4n) is 7.81. The SMILES string of the molecule is CC(C)CC(=O)CN[C@@H](CCCCNC(=O)CCCCCNC(=O)CC[C@H](NC(=O)CCCCCCCCCCCCCCCCC(=O)O)C(=O)O)C(=O)CN[C@@H](Cc1ccc(O)cc1)C(N)=O. The number of carbonyl (C=O) groups excluding carboxylic acids is 6. The zero-order valence-corrected chi connectivity index (χ0v) is 41.2. The molecule has 0 heterocycles. The van der Waals surface area contributed by atoms with Crippen LogP contribution in [0.4, 0.5) is 0 Å². The molecule has 386 valence electrons. The van der Waals surface area contributed by atoms with E-state index in [1.807, 2.05) is 13.8 Å². The van der Waals surface area contributed by atoms with Crippen LogP contribution in [-0.2, 0) is 44.8 Å². The second-order valence-corrected chi connectivity index (χ2v) is 18.6. The molecule has 0 aromatic heterocycles. The first-order valence-corrected chi connectivity index (χ1v) is 25.4. The number of primary amides is 1. The summed E-state index contributed by atoms with van der Waals surface area (Å²) in [5, 5.41) is 42.1. The van der Waals surface area contributed by atoms with E-state index in [9.17, 15) is 48.6 Å². The Morgan fingerprint density at radius 3 is 1.51 bits per heavy atom. The Morgan fingerprint density at radius 2 is 1.00 bits per heavy atom. The molecular formula is C51H86N6O11. The van der Waals surface area contributed by atoms with Gasteiger partial charge in [-0.05, 0) is 81.4 Å². The van der Waals surface area contributed by atoms with E-state index in [4.69, 9.17) is 10.8 Å². The molecule has 0 saturated carbocycles. The van der Waals surface area contributed by atoms with Crippen LogP contribution in [0.1, 0.15) is 186 Å². The Hall–Kier alpha value is -4.90. The third-order valence-corrected chi connectivity index (χ3v) is 11.8. The predicted octanol–water partition coefficient (Wildman–Crippen LogP) is 6.16. The van der Waals surface area contributed by atoms with Crippen LogP contribution >= 0.6 is 0 Å². The van der Waals surface area contributed by atoms with Gasteiger partial charge in [0.1, 0.15) is 17.6 Å². The van der Waals surface area contributed by atoms with Crippen LogP contribution in [0.15, 0.2) is 24.3 Å². The van der Waals surface area contributed by atoms with Gasteiger partial charge in [0.15, 0.2) is 5.78 Å². The zero-order chi connectivity index (χ0) is 50.4. The maximum absolute atomic E-state index is 13.3. The first-order chi connectivity index (χ1) is 32.6. The molecule has 0 radical (unpaired) electrons. The Bertz CT molecular complexity index is 1620. The molecule has 0 aliphatic heterocycles. The second kappa shape index (κ2) is 39.0. The lowest BCUT2D eigenvalue weighted by Crippen LogP contribution is -2.49. The fourth-order valence-corrected chi connectivity index (χ4v) is 7.81. The average molecular weight is 959 g/mol. The first kappa shape index (κ1) is 61.1. The maximum atomic E-state index is 13.3. The summed E-state index contributed by atoms with van der Waals surface area (Å²) in [6.07, 6.45) is 20.0. The van der Waals surface area contributed by atoms with Crippen LogP contribution in [-0.4, -0.2) is 107 Å². The number of unbranched alkanes of at least 4 members (excludes halogenated alkanes) is 16. The molecule has 17 heteroatoms. The third kappa shape index (κ3) is 34.4. The highest BCUT2D eigenvalue weighted by Crippen LogP contribution is 2.15. The van der Waals surface area contributed by atoms with Crippen molar-refractivity contribution in [3.8, 4) is 5.75 Å². The number of hydrogen-bond donors (Lipinski definition) is 9. The van der Waals surface area contributed by atoms with Gasteiger partial charge in [-0.2, -0.15) is 0 Å². The summed E-state index contributed by atoms with van der Waals surface area (Å²) in [5.74, 6) is -3.19. The van der Waals surface area contributed by atoms with E-state index >= 15 is 0 Å². The van der Waals surface area contributed by atoms with E-state index in [0.717, 1.165) is 50.5 Å². The quantitative estimate of drug-likeness (QED) is 0.0332. The number of phenols is 1. The Labute approximate surface area is 405 Å². The van der Waals surface area contributed by atoms with Gasteiger partial charge in [-0.1, -0.05) is 109 Å². The number of aromatic hydroxyl groups is 1. The summed E-state index contributed by atoms with van der Waals surface area (Å²) in [6, 6.07) is 3.77. The maximum Gasteiger partial charge on any atom is 0.326 e. The van der Waals surface area contributed by atoms with Crippen molar-refractivity contribution in [3.05, 3.63) is 29.8 Å². The number of Topliss-reactive ketones (excluding diaryl/α,β-unsaturated/α-hetero) is 2. The van der Waals surface area contributed by atoms with E-state index < -0.39 is 36.0 Å². The first-order valence-electron chi connectivity index (χ1n) is 25.4. The van der Waals surface area contributed by atoms with Crippen LogP contribution in [0.25, 0.3) is 0 Å². The Balaban J connectivity index is 2.21. The van der Waals surface area contributed by atoms with E-state index in [1.165, 1.54) is 50.7 Å². The molecule has 1 aromatic carbocycles. The second-order valence-electron chi connectivity index (χ2n) is 18.6. The molecule has 0 bridgehead atoms. The molecule has 1 aromatic rings. The van der Waals surface area contributed by atoms with Crippen LogP contribution in [0.5, 0.6) is 5.75 Å². The number of carboxylic acid groups (broad SMARTS) is 2. The minimum absolute atomic E-state index is 0.00666. The number of benzene rings is 1. The smallest absolute Gasteiger partial charge is 0.326 e. The highest BCUT2D eigenvalue weighted by molar-refractivity contribution is 5.88. The van der Waals surface area contributed by atoms with Gasteiger partial charge in [0.25, 0.3) is 0 Å². The zero-order valence-electron chi connectivity index (χ0n) is 41.2. The molecule has 0 fully saturated rings. The van der Waals surface area contributed by atoms with Gasteiger partial charge >= 0.3 is 11.9 Å². The van der Waals surface area contributed by atoms with Gasteiger partial charge in [-0.3, -0.25) is 38.9 Å². The summed E-state index contributed by atoms with van der Waals surface area (Å²) in [4.78, 5) is 97.4. The fraction of sp³-hybridized carbons (Fsp3) is 0.725. The molecule has 1 rings (SSSR count). The van der Waals surface area contributed by atoms with Crippen LogP contribution in [0, 0.1) is 5.92 Å². The normalized spacial score (nSPS) is 12.5.